The number of hydrogen-bond acceptors (Lipinski definition) is 11. The van der Waals surface area contributed by atoms with Crippen LogP contribution in [0.4, 0.5) is 13.2 Å². The lowest BCUT2D eigenvalue weighted by molar-refractivity contribution is -0.274. The van der Waals surface area contributed by atoms with Crippen molar-refractivity contribution in [1.82, 2.24) is 20.5 Å². The molecule has 16 heteroatoms. The second-order valence-electron chi connectivity index (χ2n) is 9.78. The first-order valence-electron chi connectivity index (χ1n) is 13.3. The van der Waals surface area contributed by atoms with Crippen LogP contribution in [0.5, 0.6) is 11.5 Å². The first-order valence-corrected chi connectivity index (χ1v) is 14.8. The number of carbonyl (C=O) groups is 1. The summed E-state index contributed by atoms with van der Waals surface area (Å²) in [7, 11) is -2.59. The van der Waals surface area contributed by atoms with E-state index in [0.717, 1.165) is 12.1 Å². The zero-order valence-corrected chi connectivity index (χ0v) is 24.0. The molecule has 0 unspecified atom stereocenters. The Balaban J connectivity index is 1.30. The van der Waals surface area contributed by atoms with Gasteiger partial charge in [-0.05, 0) is 67.8 Å². The van der Waals surface area contributed by atoms with E-state index in [2.05, 4.69) is 14.9 Å². The van der Waals surface area contributed by atoms with E-state index in [-0.39, 0.29) is 35.9 Å². The first kappa shape index (κ1) is 32.2. The van der Waals surface area contributed by atoms with Gasteiger partial charge < -0.3 is 23.6 Å². The number of ether oxygens (including phenoxy) is 3. The summed E-state index contributed by atoms with van der Waals surface area (Å²) in [5, 5.41) is 13.2. The summed E-state index contributed by atoms with van der Waals surface area (Å²) in [6.45, 7) is 2.02. The third-order valence-electron chi connectivity index (χ3n) is 7.06. The number of halogens is 3. The second-order valence-corrected chi connectivity index (χ2v) is 12.0. The molecule has 0 radical (unpaired) electrons. The predicted octanol–water partition coefficient (Wildman–Crippen LogP) is 3.41. The average Bonchev–Trinajstić information content (AvgIpc) is 3.47. The van der Waals surface area contributed by atoms with Crippen LogP contribution in [0.3, 0.4) is 0 Å². The number of methoxy groups -OCH3 is 1. The van der Waals surface area contributed by atoms with Crippen molar-refractivity contribution in [3.05, 3.63) is 54.4 Å². The van der Waals surface area contributed by atoms with E-state index >= 15 is 0 Å². The zero-order valence-electron chi connectivity index (χ0n) is 23.2. The van der Waals surface area contributed by atoms with Gasteiger partial charge in [0.15, 0.2) is 14.6 Å². The number of nitrogens with one attached hydrogen (secondary N) is 1. The summed E-state index contributed by atoms with van der Waals surface area (Å²) in [6, 6.07) is 10.8. The number of rotatable bonds is 13. The molecular formula is C27H31F3N4O8S. The van der Waals surface area contributed by atoms with Crippen LogP contribution in [-0.4, -0.2) is 85.6 Å². The number of aryl methyl sites for hydroxylation is 1. The van der Waals surface area contributed by atoms with Crippen LogP contribution in [0.25, 0.3) is 11.4 Å². The monoisotopic (exact) mass is 628 g/mol. The Bertz CT molecular complexity index is 1460. The molecule has 1 amide bonds. The van der Waals surface area contributed by atoms with Gasteiger partial charge >= 0.3 is 6.36 Å². The highest BCUT2D eigenvalue weighted by Gasteiger charge is 2.52. The van der Waals surface area contributed by atoms with Crippen molar-refractivity contribution in [3.63, 3.8) is 0 Å². The standard InChI is InChI=1S/C27H31F3N4O8S/c1-39-18-16-34-14-12-26(13-15-34,25(35)32-36)43(37,38)22-10-8-20(9-11-22)40-17-2-3-23-31-24(33-42-23)19-4-6-21(7-5-19)41-27(28,29)30/h4-11,36H,2-3,12-18H2,1H3,(H,32,35). The number of amides is 1. The van der Waals surface area contributed by atoms with Crippen molar-refractivity contribution in [3.8, 4) is 22.9 Å². The molecule has 4 rings (SSSR count). The molecule has 0 aliphatic carbocycles. The van der Waals surface area contributed by atoms with Crippen molar-refractivity contribution in [2.24, 2.45) is 0 Å². The summed E-state index contributed by atoms with van der Waals surface area (Å²) in [5.74, 6) is -0.412. The molecule has 2 aromatic carbocycles. The van der Waals surface area contributed by atoms with Gasteiger partial charge in [-0.1, -0.05) is 5.16 Å². The quantitative estimate of drug-likeness (QED) is 0.163. The fraction of sp³-hybridized carbons (Fsp3) is 0.444. The Morgan fingerprint density at radius 3 is 2.33 bits per heavy atom. The number of hydroxylamine groups is 1. The van der Waals surface area contributed by atoms with Crippen molar-refractivity contribution >= 4 is 15.7 Å². The molecule has 1 saturated heterocycles. The maximum absolute atomic E-state index is 13.6. The van der Waals surface area contributed by atoms with Gasteiger partial charge in [0.1, 0.15) is 11.5 Å². The zero-order chi connectivity index (χ0) is 31.1. The van der Waals surface area contributed by atoms with E-state index in [9.17, 15) is 31.6 Å². The van der Waals surface area contributed by atoms with Gasteiger partial charge in [-0.15, -0.1) is 13.2 Å². The van der Waals surface area contributed by atoms with Crippen molar-refractivity contribution in [2.75, 3.05) is 40.0 Å². The Morgan fingerprint density at radius 1 is 1.07 bits per heavy atom. The maximum Gasteiger partial charge on any atom is 0.573 e. The molecular weight excluding hydrogens is 597 g/mol. The van der Waals surface area contributed by atoms with Gasteiger partial charge in [0.05, 0.1) is 18.1 Å². The highest BCUT2D eigenvalue weighted by Crippen LogP contribution is 2.36. The Labute approximate surface area is 245 Å². The molecule has 43 heavy (non-hydrogen) atoms. The molecule has 2 heterocycles. The molecule has 1 aliphatic heterocycles. The van der Waals surface area contributed by atoms with Gasteiger partial charge in [0.25, 0.3) is 5.91 Å². The number of benzene rings is 2. The van der Waals surface area contributed by atoms with Crippen LogP contribution in [0.2, 0.25) is 0 Å². The molecule has 234 valence electrons. The molecule has 0 saturated carbocycles. The topological polar surface area (TPSA) is 153 Å². The molecule has 3 aromatic rings. The molecule has 1 aliphatic rings. The van der Waals surface area contributed by atoms with E-state index < -0.39 is 26.9 Å². The average molecular weight is 629 g/mol. The summed E-state index contributed by atoms with van der Waals surface area (Å²) in [6.07, 6.45) is -3.93. The maximum atomic E-state index is 13.6. The molecule has 1 aromatic heterocycles. The van der Waals surface area contributed by atoms with Crippen LogP contribution < -0.4 is 15.0 Å². The van der Waals surface area contributed by atoms with Gasteiger partial charge in [0, 0.05) is 38.7 Å². The van der Waals surface area contributed by atoms with Gasteiger partial charge in [0.2, 0.25) is 11.7 Å². The van der Waals surface area contributed by atoms with Crippen LogP contribution in [0, 0.1) is 0 Å². The highest BCUT2D eigenvalue weighted by atomic mass is 32.2. The Kier molecular flexibility index (Phi) is 10.3. The van der Waals surface area contributed by atoms with Crippen LogP contribution in [0.1, 0.15) is 25.2 Å². The van der Waals surface area contributed by atoms with E-state index in [0.29, 0.717) is 56.3 Å². The minimum absolute atomic E-state index is 0.0128. The molecule has 2 N–H and O–H groups in total. The smallest absolute Gasteiger partial charge is 0.494 e. The van der Waals surface area contributed by atoms with E-state index in [1.165, 1.54) is 36.4 Å². The van der Waals surface area contributed by atoms with E-state index in [1.807, 2.05) is 4.90 Å². The van der Waals surface area contributed by atoms with Crippen molar-refractivity contribution in [1.29, 1.82) is 0 Å². The minimum Gasteiger partial charge on any atom is -0.494 e. The number of carbonyl (C=O) groups excluding carboxylic acids is 1. The number of alkyl halides is 3. The summed E-state index contributed by atoms with van der Waals surface area (Å²) < 4.78 is 82.2. The van der Waals surface area contributed by atoms with Crippen molar-refractivity contribution in [2.45, 2.75) is 41.7 Å². The lowest BCUT2D eigenvalue weighted by Gasteiger charge is -2.39. The molecule has 0 bridgehead atoms. The lowest BCUT2D eigenvalue weighted by atomic mass is 9.95. The van der Waals surface area contributed by atoms with Crippen LogP contribution in [0.15, 0.2) is 57.9 Å². The number of likely N-dealkylation sites (tertiary alicyclic amines) is 1. The Morgan fingerprint density at radius 2 is 1.72 bits per heavy atom. The molecule has 0 atom stereocenters. The Hall–Kier alpha value is -3.73. The number of piperidine rings is 1. The summed E-state index contributed by atoms with van der Waals surface area (Å²) >= 11 is 0. The van der Waals surface area contributed by atoms with Crippen molar-refractivity contribution < 1.29 is 50.3 Å². The third-order valence-corrected chi connectivity index (χ3v) is 9.57. The molecule has 1 fully saturated rings. The van der Waals surface area contributed by atoms with Gasteiger partial charge in [-0.3, -0.25) is 10.0 Å². The fourth-order valence-electron chi connectivity index (χ4n) is 4.71. The summed E-state index contributed by atoms with van der Waals surface area (Å²) in [5.41, 5.74) is 1.99. The highest BCUT2D eigenvalue weighted by molar-refractivity contribution is 7.93. The van der Waals surface area contributed by atoms with E-state index in [1.54, 1.807) is 12.6 Å². The number of nitrogens with zero attached hydrogens (tertiary/aromatic N) is 3. The van der Waals surface area contributed by atoms with Gasteiger partial charge in [-0.2, -0.15) is 4.98 Å². The number of hydrogen-bond donors (Lipinski definition) is 2. The largest absolute Gasteiger partial charge is 0.573 e. The number of sulfone groups is 1. The molecule has 12 nitrogen and oxygen atoms in total. The second kappa shape index (κ2) is 13.7. The summed E-state index contributed by atoms with van der Waals surface area (Å²) in [4.78, 5) is 18.8. The predicted molar refractivity (Wildman–Crippen MR) is 144 cm³/mol. The lowest BCUT2D eigenvalue weighted by Crippen LogP contribution is -2.57. The first-order chi connectivity index (χ1) is 20.5. The molecule has 0 spiro atoms. The SMILES string of the molecule is COCCN1CCC(C(=O)NO)(S(=O)(=O)c2ccc(OCCCc3nc(-c4ccc(OC(F)(F)F)cc4)no3)cc2)CC1. The minimum atomic E-state index is -4.79. The number of aromatic nitrogens is 2. The normalized spacial score (nSPS) is 15.7. The van der Waals surface area contributed by atoms with E-state index in [4.69, 9.17) is 14.0 Å². The van der Waals surface area contributed by atoms with Crippen LogP contribution in [-0.2, 0) is 25.8 Å². The fourth-order valence-corrected chi connectivity index (χ4v) is 6.67. The van der Waals surface area contributed by atoms with Crippen LogP contribution >= 0.6 is 0 Å². The van der Waals surface area contributed by atoms with Gasteiger partial charge in [-0.25, -0.2) is 13.9 Å². The third kappa shape index (κ3) is 7.81.